The summed E-state index contributed by atoms with van der Waals surface area (Å²) in [6.07, 6.45) is 0. The summed E-state index contributed by atoms with van der Waals surface area (Å²) in [5.41, 5.74) is -2.44. The largest absolute Gasteiger partial charge is 0.462 e. The smallest absolute Gasteiger partial charge is 0.343 e. The Balaban J connectivity index is 2.48. The van der Waals surface area contributed by atoms with Crippen LogP contribution in [0, 0.1) is 0 Å². The summed E-state index contributed by atoms with van der Waals surface area (Å²) in [7, 11) is -9.98. The van der Waals surface area contributed by atoms with Gasteiger partial charge in [0, 0.05) is 0 Å². The van der Waals surface area contributed by atoms with E-state index in [9.17, 15) is 36.0 Å². The molecule has 0 atom stereocenters. The van der Waals surface area contributed by atoms with Gasteiger partial charge in [-0.25, -0.2) is 26.4 Å². The number of benzene rings is 2. The summed E-state index contributed by atoms with van der Waals surface area (Å²) in [5, 5.41) is 0. The average Bonchev–Trinajstić information content (AvgIpc) is 2.85. The van der Waals surface area contributed by atoms with E-state index in [4.69, 9.17) is 9.47 Å². The molecule has 1 aliphatic carbocycles. The Bertz CT molecular complexity index is 1400. The van der Waals surface area contributed by atoms with Crippen LogP contribution in [-0.4, -0.2) is 53.6 Å². The summed E-state index contributed by atoms with van der Waals surface area (Å²) in [6.45, 7) is 2.17. The molecule has 0 aliphatic heterocycles. The normalized spacial score (nSPS) is 14.6. The molecular formula is C24H20O10S2. The first-order valence-electron chi connectivity index (χ1n) is 10.5. The van der Waals surface area contributed by atoms with Crippen molar-refractivity contribution in [2.45, 2.75) is 23.6 Å². The highest BCUT2D eigenvalue weighted by atomic mass is 32.2. The number of hydrogen-bond donors (Lipinski definition) is 0. The summed E-state index contributed by atoms with van der Waals surface area (Å²) in [6, 6.07) is 12.6. The highest BCUT2D eigenvalue weighted by Crippen LogP contribution is 2.37. The molecular weight excluding hydrogens is 512 g/mol. The topological polar surface area (TPSA) is 155 Å². The van der Waals surface area contributed by atoms with Crippen molar-refractivity contribution in [2.75, 3.05) is 13.2 Å². The van der Waals surface area contributed by atoms with Gasteiger partial charge in [0.2, 0.25) is 31.2 Å². The minimum absolute atomic E-state index is 0.292. The van der Waals surface area contributed by atoms with Crippen molar-refractivity contribution in [1.29, 1.82) is 0 Å². The van der Waals surface area contributed by atoms with Crippen LogP contribution < -0.4 is 0 Å². The fraction of sp³-hybridized carbons (Fsp3) is 0.167. The molecule has 0 fully saturated rings. The van der Waals surface area contributed by atoms with Gasteiger partial charge in [0.25, 0.3) is 0 Å². The molecule has 2 aromatic rings. The second-order valence-electron chi connectivity index (χ2n) is 7.14. The number of esters is 2. The minimum Gasteiger partial charge on any atom is -0.462 e. The Hall–Kier alpha value is -3.90. The monoisotopic (exact) mass is 532 g/mol. The number of Topliss-reactive ketones (excluding diaryl/α,β-unsaturated/α-hetero) is 2. The maximum atomic E-state index is 13.6. The summed E-state index contributed by atoms with van der Waals surface area (Å²) < 4.78 is 63.9. The van der Waals surface area contributed by atoms with Crippen LogP contribution in [0.15, 0.2) is 91.4 Å². The Kier molecular flexibility index (Phi) is 7.70. The summed E-state index contributed by atoms with van der Waals surface area (Å²) in [5.74, 6) is -6.30. The van der Waals surface area contributed by atoms with Gasteiger partial charge in [-0.15, -0.1) is 0 Å². The van der Waals surface area contributed by atoms with Crippen LogP contribution in [0.2, 0.25) is 0 Å². The van der Waals surface area contributed by atoms with E-state index >= 15 is 0 Å². The number of ether oxygens (including phenoxy) is 2. The first-order chi connectivity index (χ1) is 17.0. The quantitative estimate of drug-likeness (QED) is 0.279. The zero-order valence-corrected chi connectivity index (χ0v) is 20.7. The van der Waals surface area contributed by atoms with Crippen molar-refractivity contribution in [1.82, 2.24) is 0 Å². The van der Waals surface area contributed by atoms with Gasteiger partial charge in [-0.05, 0) is 38.1 Å². The predicted molar refractivity (Wildman–Crippen MR) is 125 cm³/mol. The molecule has 0 radical (unpaired) electrons. The molecule has 0 N–H and O–H groups in total. The lowest BCUT2D eigenvalue weighted by atomic mass is 9.94. The molecule has 0 aromatic heterocycles. The third kappa shape index (κ3) is 4.64. The highest BCUT2D eigenvalue weighted by Gasteiger charge is 2.51. The molecule has 10 nitrogen and oxygen atoms in total. The Morgan fingerprint density at radius 3 is 1.19 bits per heavy atom. The van der Waals surface area contributed by atoms with Gasteiger partial charge in [-0.1, -0.05) is 36.4 Å². The van der Waals surface area contributed by atoms with Gasteiger partial charge in [-0.3, -0.25) is 9.59 Å². The van der Waals surface area contributed by atoms with Gasteiger partial charge in [0.05, 0.1) is 23.0 Å². The Labute approximate surface area is 207 Å². The van der Waals surface area contributed by atoms with Crippen LogP contribution in [0.25, 0.3) is 0 Å². The zero-order chi connectivity index (χ0) is 26.7. The summed E-state index contributed by atoms with van der Waals surface area (Å²) >= 11 is 0. The first-order valence-corrected chi connectivity index (χ1v) is 13.5. The fourth-order valence-corrected chi connectivity index (χ4v) is 6.91. The van der Waals surface area contributed by atoms with Crippen LogP contribution in [-0.2, 0) is 48.3 Å². The molecule has 0 bridgehead atoms. The van der Waals surface area contributed by atoms with E-state index in [0.29, 0.717) is 0 Å². The first kappa shape index (κ1) is 26.7. The number of ketones is 2. The molecule has 0 unspecified atom stereocenters. The van der Waals surface area contributed by atoms with Crippen molar-refractivity contribution in [3.8, 4) is 0 Å². The van der Waals surface area contributed by atoms with Crippen LogP contribution >= 0.6 is 0 Å². The number of rotatable bonds is 8. The number of carbonyl (C=O) groups is 4. The molecule has 2 aromatic carbocycles. The van der Waals surface area contributed by atoms with Crippen LogP contribution in [0.3, 0.4) is 0 Å². The van der Waals surface area contributed by atoms with E-state index in [2.05, 4.69) is 0 Å². The zero-order valence-electron chi connectivity index (χ0n) is 19.1. The molecule has 1 aliphatic rings. The molecule has 36 heavy (non-hydrogen) atoms. The van der Waals surface area contributed by atoms with Crippen LogP contribution in [0.5, 0.6) is 0 Å². The second-order valence-corrected chi connectivity index (χ2v) is 10.9. The predicted octanol–water partition coefficient (Wildman–Crippen LogP) is 1.72. The fourth-order valence-electron chi connectivity index (χ4n) is 3.38. The number of carbonyl (C=O) groups excluding carboxylic acids is 4. The van der Waals surface area contributed by atoms with Gasteiger partial charge in [0.1, 0.15) is 21.0 Å². The average molecular weight is 533 g/mol. The third-order valence-electron chi connectivity index (χ3n) is 4.93. The van der Waals surface area contributed by atoms with E-state index in [1.54, 1.807) is 0 Å². The van der Waals surface area contributed by atoms with E-state index in [1.165, 1.54) is 50.2 Å². The van der Waals surface area contributed by atoms with Crippen molar-refractivity contribution < 1.29 is 45.5 Å². The number of sulfone groups is 2. The maximum absolute atomic E-state index is 13.6. The molecule has 188 valence electrons. The Morgan fingerprint density at radius 1 is 0.611 bits per heavy atom. The van der Waals surface area contributed by atoms with E-state index in [0.717, 1.165) is 24.3 Å². The highest BCUT2D eigenvalue weighted by molar-refractivity contribution is 8.00. The SMILES string of the molecule is CCOC(=O)C1=C(C(=O)OCC)C(=O)C(S(=O)(=O)c2ccccc2)=C(S(=O)(=O)c2ccccc2)C1=O. The van der Waals surface area contributed by atoms with E-state index < -0.39 is 73.9 Å². The van der Waals surface area contributed by atoms with Crippen molar-refractivity contribution >= 4 is 43.2 Å². The van der Waals surface area contributed by atoms with E-state index in [-0.39, 0.29) is 13.2 Å². The molecule has 12 heteroatoms. The van der Waals surface area contributed by atoms with Crippen LogP contribution in [0.1, 0.15) is 13.8 Å². The summed E-state index contributed by atoms with van der Waals surface area (Å²) in [4.78, 5) is 48.6. The lowest BCUT2D eigenvalue weighted by Gasteiger charge is -2.22. The number of allylic oxidation sites excluding steroid dienone is 2. The second kappa shape index (κ2) is 10.4. The van der Waals surface area contributed by atoms with Crippen molar-refractivity contribution in [3.63, 3.8) is 0 Å². The van der Waals surface area contributed by atoms with Gasteiger partial charge >= 0.3 is 11.9 Å². The van der Waals surface area contributed by atoms with Crippen molar-refractivity contribution in [2.24, 2.45) is 0 Å². The van der Waals surface area contributed by atoms with E-state index in [1.807, 2.05) is 0 Å². The van der Waals surface area contributed by atoms with Gasteiger partial charge < -0.3 is 9.47 Å². The van der Waals surface area contributed by atoms with Gasteiger partial charge in [-0.2, -0.15) is 0 Å². The Morgan fingerprint density at radius 2 is 0.917 bits per heavy atom. The standard InChI is InChI=1S/C24H20O10S2/c1-3-33-23(27)17-18(24(28)34-4-2)20(26)22(36(31,32)16-13-9-6-10-14-16)21(19(17)25)35(29,30)15-11-7-5-8-12-15/h5-14H,3-4H2,1-2H3. The van der Waals surface area contributed by atoms with Crippen molar-refractivity contribution in [3.05, 3.63) is 81.6 Å². The molecule has 0 saturated heterocycles. The lowest BCUT2D eigenvalue weighted by molar-refractivity contribution is -0.144. The number of hydrogen-bond acceptors (Lipinski definition) is 10. The van der Waals surface area contributed by atoms with Crippen LogP contribution in [0.4, 0.5) is 0 Å². The molecule has 0 amide bonds. The maximum Gasteiger partial charge on any atom is 0.343 e. The minimum atomic E-state index is -4.99. The van der Waals surface area contributed by atoms with Gasteiger partial charge in [0.15, 0.2) is 0 Å². The molecule has 0 heterocycles. The molecule has 0 spiro atoms. The lowest BCUT2D eigenvalue weighted by Crippen LogP contribution is -2.37. The molecule has 3 rings (SSSR count). The molecule has 0 saturated carbocycles. The third-order valence-corrected chi connectivity index (χ3v) is 8.70.